The number of hydrogen-bond acceptors (Lipinski definition) is 18. The smallest absolute Gasteiger partial charge is 0.420 e. The second-order valence-electron chi connectivity index (χ2n) is 14.2. The van der Waals surface area contributed by atoms with Gasteiger partial charge in [0.2, 0.25) is 0 Å². The van der Waals surface area contributed by atoms with Crippen molar-refractivity contribution in [2.24, 2.45) is 25.6 Å². The van der Waals surface area contributed by atoms with Crippen molar-refractivity contribution in [2.45, 2.75) is 130 Å². The Balaban J connectivity index is 1.39. The van der Waals surface area contributed by atoms with E-state index in [2.05, 4.69) is 66.3 Å². The number of aliphatic hydroxyl groups is 4. The largest absolute Gasteiger partial charge is 0.444 e. The highest BCUT2D eigenvalue weighted by Crippen LogP contribution is 2.38. The highest BCUT2D eigenvalue weighted by Gasteiger charge is 2.55. The maximum atomic E-state index is 12.8. The van der Waals surface area contributed by atoms with Crippen LogP contribution in [0.1, 0.15) is 24.8 Å². The first kappa shape index (κ1) is 48.1. The summed E-state index contributed by atoms with van der Waals surface area (Å²) in [5, 5.41) is 61.6. The Kier molecular flexibility index (Phi) is 18.2. The van der Waals surface area contributed by atoms with Crippen LogP contribution in [-0.4, -0.2) is 161 Å². The Labute approximate surface area is 359 Å². The van der Waals surface area contributed by atoms with Crippen molar-refractivity contribution in [3.05, 3.63) is 88.1 Å². The van der Waals surface area contributed by atoms with Crippen LogP contribution >= 0.6 is 16.1 Å². The summed E-state index contributed by atoms with van der Waals surface area (Å²) < 4.78 is 48.7. The van der Waals surface area contributed by atoms with Crippen LogP contribution in [0.4, 0.5) is 4.79 Å². The van der Waals surface area contributed by atoms with E-state index in [0.717, 1.165) is 9.49 Å². The average molecular weight is 940 g/mol. The van der Waals surface area contributed by atoms with E-state index in [0.29, 0.717) is 6.42 Å². The van der Waals surface area contributed by atoms with Crippen LogP contribution in [0.5, 0.6) is 0 Å². The van der Waals surface area contributed by atoms with Crippen molar-refractivity contribution < 1.29 is 63.1 Å². The Hall–Kier alpha value is -4.92. The molecule has 1 aliphatic carbocycles. The lowest BCUT2D eigenvalue weighted by Crippen LogP contribution is -2.61. The molecule has 3 saturated heterocycles. The van der Waals surface area contributed by atoms with Crippen LogP contribution in [0.3, 0.4) is 0 Å². The van der Waals surface area contributed by atoms with Crippen molar-refractivity contribution in [3.63, 3.8) is 0 Å². The molecule has 0 bridgehead atoms. The molecule has 17 atom stereocenters. The van der Waals surface area contributed by atoms with Crippen molar-refractivity contribution >= 4 is 22.2 Å². The van der Waals surface area contributed by atoms with Crippen molar-refractivity contribution in [2.75, 3.05) is 26.8 Å². The minimum atomic E-state index is -1.82. The van der Waals surface area contributed by atoms with E-state index in [4.69, 9.17) is 43.4 Å². The van der Waals surface area contributed by atoms with E-state index >= 15 is 0 Å². The van der Waals surface area contributed by atoms with Crippen LogP contribution in [0.25, 0.3) is 52.2 Å². The molecule has 3 aliphatic heterocycles. The molecular weight excluding hydrogens is 896 g/mol. The third kappa shape index (κ3) is 11.8. The normalized spacial score (nSPS) is 36.6. The molecule has 1 saturated carbocycles. The van der Waals surface area contributed by atoms with E-state index in [1.54, 1.807) is 24.3 Å². The summed E-state index contributed by atoms with van der Waals surface area (Å²) in [6, 6.07) is 4.18. The lowest BCUT2D eigenvalue weighted by Gasteiger charge is -2.46. The van der Waals surface area contributed by atoms with E-state index in [1.165, 1.54) is 7.11 Å². The van der Waals surface area contributed by atoms with E-state index < -0.39 is 123 Å². The number of hydrogen-bond donors (Lipinski definition) is 4. The second-order valence-corrected chi connectivity index (χ2v) is 15.0. The van der Waals surface area contributed by atoms with E-state index in [9.17, 15) is 47.3 Å². The number of carbonyl (C=O) groups excluding carboxylic acids is 1. The summed E-state index contributed by atoms with van der Waals surface area (Å²) in [6.07, 6.45) is -19.5. The van der Waals surface area contributed by atoms with Crippen molar-refractivity contribution in [1.29, 1.82) is 0 Å². The number of rotatable bonds is 18. The number of nitrogens with zero attached hydrogens (tertiary/aromatic N) is 16. The zero-order valence-electron chi connectivity index (χ0n) is 32.6. The van der Waals surface area contributed by atoms with Gasteiger partial charge in [0.1, 0.15) is 43.2 Å². The average Bonchev–Trinajstić information content (AvgIpc) is 3.57. The lowest BCUT2D eigenvalue weighted by molar-refractivity contribution is -0.291. The summed E-state index contributed by atoms with van der Waals surface area (Å²) in [4.78, 5) is 26.9. The maximum Gasteiger partial charge on any atom is 0.420 e. The molecule has 1 amide bonds. The topological polar surface area (TPSA) is 419 Å². The number of amides is 1. The molecule has 0 aromatic heterocycles. The fourth-order valence-electron chi connectivity index (χ4n) is 7.51. The molecule has 4 aliphatic rings. The fraction of sp³-hybridized carbons (Fsp3) is 0.781. The maximum absolute atomic E-state index is 12.8. The van der Waals surface area contributed by atoms with Crippen molar-refractivity contribution in [1.82, 2.24) is 3.93 Å². The minimum absolute atomic E-state index is 0.00190. The molecule has 4 N–H and O–H groups in total. The Morgan fingerprint density at radius 1 is 0.758 bits per heavy atom. The van der Waals surface area contributed by atoms with Gasteiger partial charge in [-0.05, 0) is 52.5 Å². The fourth-order valence-corrected chi connectivity index (χ4v) is 7.93. The van der Waals surface area contributed by atoms with Crippen molar-refractivity contribution in [3.8, 4) is 0 Å². The number of aliphatic hydroxyl groups excluding tert-OH is 4. The monoisotopic (exact) mass is 938 g/mol. The first-order valence-electron chi connectivity index (χ1n) is 18.9. The van der Waals surface area contributed by atoms with Gasteiger partial charge in [-0.1, -0.05) is 55.9 Å². The summed E-state index contributed by atoms with van der Waals surface area (Å²) >= 11 is 3.22. The zero-order valence-corrected chi connectivity index (χ0v) is 34.2. The molecule has 29 nitrogen and oxygen atoms in total. The molecule has 0 unspecified atom stereocenters. The Bertz CT molecular complexity index is 1900. The quantitative estimate of drug-likeness (QED) is 0.0709. The van der Waals surface area contributed by atoms with Crippen LogP contribution in [0.15, 0.2) is 55.9 Å². The van der Waals surface area contributed by atoms with Crippen LogP contribution in [0, 0.1) is 0 Å². The van der Waals surface area contributed by atoms with Gasteiger partial charge in [-0.3, -0.25) is 0 Å². The number of carbonyl (C=O) groups is 1. The van der Waals surface area contributed by atoms with Gasteiger partial charge >= 0.3 is 6.09 Å². The Morgan fingerprint density at radius 3 is 2.03 bits per heavy atom. The standard InChI is InChI=1S/C32H43BrN16O13/c1-55-25-17(41-46-36)9-18(42-47-37)26(60-29-16(40-45-35)8-7-15(57-29)11-49(33)32(54)56-13-14-5-3-2-4-6-14)28(25)62-31-24(53)27(20(12-50)59-31)61-30-21(43-48-38)23(52)22(51)19(58-30)10-39-44-34/h2-6,15-31,50-53H,7-13H2,1H3/t15-,16+,17+,18-,19-,20+,21+,22+,23+,24+,25-,26+,27+,28+,29+,30+,31-/m0/s1. The molecule has 1 aromatic carbocycles. The predicted molar refractivity (Wildman–Crippen MR) is 208 cm³/mol. The number of ether oxygens (including phenoxy) is 8. The molecular formula is C32H43BrN16O13. The molecule has 4 fully saturated rings. The third-order valence-electron chi connectivity index (χ3n) is 10.5. The van der Waals surface area contributed by atoms with Crippen LogP contribution in [-0.2, 0) is 44.5 Å². The Morgan fingerprint density at radius 2 is 1.39 bits per heavy atom. The summed E-state index contributed by atoms with van der Waals surface area (Å²) in [5.41, 5.74) is 47.2. The number of azide groups is 5. The van der Waals surface area contributed by atoms with Gasteiger partial charge in [0.05, 0.1) is 84.5 Å². The van der Waals surface area contributed by atoms with Crippen LogP contribution < -0.4 is 0 Å². The number of halogens is 1. The third-order valence-corrected chi connectivity index (χ3v) is 11.1. The van der Waals surface area contributed by atoms with E-state index in [-0.39, 0.29) is 26.0 Å². The number of benzene rings is 1. The van der Waals surface area contributed by atoms with Gasteiger partial charge in [0, 0.05) is 31.7 Å². The first-order chi connectivity index (χ1) is 30.0. The highest BCUT2D eigenvalue weighted by molar-refractivity contribution is 9.07. The van der Waals surface area contributed by atoms with E-state index in [1.807, 2.05) is 6.07 Å². The molecule has 336 valence electrons. The number of methoxy groups -OCH3 is 1. The molecule has 0 radical (unpaired) electrons. The van der Waals surface area contributed by atoms with Gasteiger partial charge in [-0.2, -0.15) is 0 Å². The predicted octanol–water partition coefficient (Wildman–Crippen LogP) is 3.57. The molecule has 62 heavy (non-hydrogen) atoms. The molecule has 5 rings (SSSR count). The van der Waals surface area contributed by atoms with Gasteiger partial charge < -0.3 is 58.3 Å². The highest BCUT2D eigenvalue weighted by atomic mass is 79.9. The minimum Gasteiger partial charge on any atom is -0.444 e. The van der Waals surface area contributed by atoms with Crippen LogP contribution in [0.2, 0.25) is 0 Å². The molecule has 3 heterocycles. The molecule has 1 aromatic rings. The summed E-state index contributed by atoms with van der Waals surface area (Å²) in [7, 11) is 1.26. The van der Waals surface area contributed by atoms with Gasteiger partial charge in [-0.25, -0.2) is 8.72 Å². The second kappa shape index (κ2) is 23.5. The molecule has 30 heteroatoms. The van der Waals surface area contributed by atoms with Gasteiger partial charge in [0.15, 0.2) is 18.9 Å². The lowest BCUT2D eigenvalue weighted by atomic mass is 9.84. The van der Waals surface area contributed by atoms with Gasteiger partial charge in [-0.15, -0.1) is 0 Å². The zero-order chi connectivity index (χ0) is 44.8. The SMILES string of the molecule is CO[C@@H]1[C@@H](O[C@@H]2O[C@H](CO)[C@@H](O[C@H]3O[C@@H](CN=[N+]=[N-])[C@@H](O)[C@H](O)[C@H]3N=[N+]=[N-])[C@H]2O)[C@H](O[C@H]2O[C@H](CN(Br)C(=O)OCc3ccccc3)CC[C@H]2N=[N+]=[N-])[C@@H](N=[N+]=[N-])C[C@H]1N=[N+]=[N-]. The summed E-state index contributed by atoms with van der Waals surface area (Å²) in [6.45, 7) is -1.33. The first-order valence-corrected chi connectivity index (χ1v) is 19.6. The molecule has 0 spiro atoms. The van der Waals surface area contributed by atoms with Gasteiger partial charge in [0.25, 0.3) is 0 Å². The summed E-state index contributed by atoms with van der Waals surface area (Å²) in [5.74, 6) is 0.